The van der Waals surface area contributed by atoms with Crippen molar-refractivity contribution in [1.82, 2.24) is 10.9 Å². The molecule has 2 N–H and O–H groups in total. The number of fused-ring (bicyclic) bond motifs is 4. The summed E-state index contributed by atoms with van der Waals surface area (Å²) < 4.78 is 11.4. The van der Waals surface area contributed by atoms with E-state index in [1.165, 1.54) is 12.8 Å². The van der Waals surface area contributed by atoms with E-state index < -0.39 is 12.2 Å². The summed E-state index contributed by atoms with van der Waals surface area (Å²) in [5.41, 5.74) is 5.11. The van der Waals surface area contributed by atoms with Gasteiger partial charge in [0.2, 0.25) is 0 Å². The maximum absolute atomic E-state index is 12.3. The summed E-state index contributed by atoms with van der Waals surface area (Å²) in [5.74, 6) is 1.19. The molecule has 4 saturated carbocycles. The van der Waals surface area contributed by atoms with Crippen LogP contribution in [0.25, 0.3) is 0 Å². The lowest BCUT2D eigenvalue weighted by atomic mass is 9.70. The normalized spacial score (nSPS) is 44.4. The number of rotatable bonds is 2. The molecule has 0 aromatic carbocycles. The Morgan fingerprint density at radius 2 is 1.07 bits per heavy atom. The molecular formula is C22H36N2O4. The van der Waals surface area contributed by atoms with Crippen LogP contribution in [0.5, 0.6) is 0 Å². The third-order valence-electron chi connectivity index (χ3n) is 10.2. The SMILES string of the molecule is CC1(C)[C@@H]2CC[C@]1(C)[C@H](OC(=O)NNC(=O)O[C@@H]1C[C@@H]3CC[C@@]1(C)C3(C)C)C2. The Kier molecular flexibility index (Phi) is 4.27. The molecule has 158 valence electrons. The summed E-state index contributed by atoms with van der Waals surface area (Å²) in [6, 6.07) is 0. The highest BCUT2D eigenvalue weighted by molar-refractivity contribution is 5.74. The molecule has 6 nitrogen and oxygen atoms in total. The number of hydrogen-bond acceptors (Lipinski definition) is 4. The summed E-state index contributed by atoms with van der Waals surface area (Å²) in [6.45, 7) is 13.5. The molecule has 0 unspecified atom stereocenters. The first-order valence-corrected chi connectivity index (χ1v) is 10.8. The third kappa shape index (κ3) is 2.51. The van der Waals surface area contributed by atoms with Crippen molar-refractivity contribution in [2.75, 3.05) is 0 Å². The van der Waals surface area contributed by atoms with Gasteiger partial charge < -0.3 is 9.47 Å². The summed E-state index contributed by atoms with van der Waals surface area (Å²) >= 11 is 0. The molecule has 0 saturated heterocycles. The van der Waals surface area contributed by atoms with Gasteiger partial charge in [0.05, 0.1) is 0 Å². The van der Waals surface area contributed by atoms with Crippen molar-refractivity contribution >= 4 is 12.2 Å². The first-order chi connectivity index (χ1) is 12.9. The van der Waals surface area contributed by atoms with Gasteiger partial charge in [-0.15, -0.1) is 0 Å². The Bertz CT molecular complexity index is 632. The quantitative estimate of drug-likeness (QED) is 0.663. The van der Waals surface area contributed by atoms with Crippen LogP contribution >= 0.6 is 0 Å². The maximum atomic E-state index is 12.3. The van der Waals surface area contributed by atoms with Gasteiger partial charge in [-0.3, -0.25) is 0 Å². The highest BCUT2D eigenvalue weighted by Gasteiger charge is 2.64. The monoisotopic (exact) mass is 392 g/mol. The molecule has 6 atom stereocenters. The minimum Gasteiger partial charge on any atom is -0.444 e. The highest BCUT2D eigenvalue weighted by Crippen LogP contribution is 2.67. The summed E-state index contributed by atoms with van der Waals surface area (Å²) in [4.78, 5) is 24.5. The zero-order valence-electron chi connectivity index (χ0n) is 18.2. The molecule has 28 heavy (non-hydrogen) atoms. The van der Waals surface area contributed by atoms with E-state index in [1.54, 1.807) is 0 Å². The maximum Gasteiger partial charge on any atom is 0.426 e. The van der Waals surface area contributed by atoms with Crippen LogP contribution in [0.1, 0.15) is 80.1 Å². The van der Waals surface area contributed by atoms with Crippen LogP contribution in [0.4, 0.5) is 9.59 Å². The highest BCUT2D eigenvalue weighted by atomic mass is 16.6. The first kappa shape index (κ1) is 19.8. The van der Waals surface area contributed by atoms with E-state index in [4.69, 9.17) is 9.47 Å². The third-order valence-corrected chi connectivity index (χ3v) is 10.2. The molecule has 2 amide bonds. The number of carbonyl (C=O) groups excluding carboxylic acids is 2. The fourth-order valence-corrected chi connectivity index (χ4v) is 7.04. The zero-order valence-corrected chi connectivity index (χ0v) is 18.2. The van der Waals surface area contributed by atoms with Gasteiger partial charge in [-0.1, -0.05) is 41.5 Å². The molecule has 0 heterocycles. The Morgan fingerprint density at radius 3 is 1.32 bits per heavy atom. The predicted molar refractivity (Wildman–Crippen MR) is 105 cm³/mol. The smallest absolute Gasteiger partial charge is 0.426 e. The fourth-order valence-electron chi connectivity index (χ4n) is 7.04. The average Bonchev–Trinajstić information content (AvgIpc) is 3.12. The number of nitrogens with one attached hydrogen (secondary N) is 2. The van der Waals surface area contributed by atoms with Crippen LogP contribution in [0.15, 0.2) is 0 Å². The van der Waals surface area contributed by atoms with E-state index in [0.717, 1.165) is 25.7 Å². The van der Waals surface area contributed by atoms with E-state index in [9.17, 15) is 9.59 Å². The molecule has 0 aromatic rings. The summed E-state index contributed by atoms with van der Waals surface area (Å²) in [6.07, 6.45) is 4.94. The van der Waals surface area contributed by atoms with Crippen molar-refractivity contribution in [3.05, 3.63) is 0 Å². The second-order valence-corrected chi connectivity index (χ2v) is 11.3. The van der Waals surface area contributed by atoms with Gasteiger partial charge in [-0.2, -0.15) is 0 Å². The number of carbonyl (C=O) groups is 2. The van der Waals surface area contributed by atoms with Gasteiger partial charge >= 0.3 is 12.2 Å². The predicted octanol–water partition coefficient (Wildman–Crippen LogP) is 4.78. The summed E-state index contributed by atoms with van der Waals surface area (Å²) in [5, 5.41) is 0. The largest absolute Gasteiger partial charge is 0.444 e. The van der Waals surface area contributed by atoms with Crippen molar-refractivity contribution in [2.24, 2.45) is 33.5 Å². The number of hydrazine groups is 1. The Balaban J connectivity index is 1.27. The molecule has 0 spiro atoms. The molecule has 0 aromatic heterocycles. The van der Waals surface area contributed by atoms with Crippen LogP contribution in [-0.2, 0) is 9.47 Å². The van der Waals surface area contributed by atoms with Crippen LogP contribution in [0, 0.1) is 33.5 Å². The Labute approximate surface area is 168 Å². The minimum absolute atomic E-state index is 0.00122. The molecule has 6 heteroatoms. The number of ether oxygens (including phenoxy) is 2. The van der Waals surface area contributed by atoms with E-state index in [-0.39, 0.29) is 33.9 Å². The van der Waals surface area contributed by atoms with Crippen molar-refractivity contribution in [2.45, 2.75) is 92.3 Å². The Morgan fingerprint density at radius 1 is 0.714 bits per heavy atom. The molecule has 4 aliphatic carbocycles. The molecule has 0 radical (unpaired) electrons. The van der Waals surface area contributed by atoms with Crippen molar-refractivity contribution in [1.29, 1.82) is 0 Å². The molecule has 4 rings (SSSR count). The van der Waals surface area contributed by atoms with Crippen molar-refractivity contribution in [3.8, 4) is 0 Å². The molecule has 4 fully saturated rings. The zero-order chi connectivity index (χ0) is 20.5. The van der Waals surface area contributed by atoms with Gasteiger partial charge in [-0.25, -0.2) is 20.4 Å². The second-order valence-electron chi connectivity index (χ2n) is 11.3. The van der Waals surface area contributed by atoms with E-state index in [0.29, 0.717) is 11.8 Å². The van der Waals surface area contributed by atoms with Crippen molar-refractivity contribution < 1.29 is 19.1 Å². The molecule has 4 aliphatic rings. The average molecular weight is 393 g/mol. The van der Waals surface area contributed by atoms with E-state index >= 15 is 0 Å². The molecule has 4 bridgehead atoms. The van der Waals surface area contributed by atoms with Gasteiger partial charge in [0.1, 0.15) is 12.2 Å². The van der Waals surface area contributed by atoms with Gasteiger partial charge in [-0.05, 0) is 61.2 Å². The first-order valence-electron chi connectivity index (χ1n) is 10.8. The number of amides is 2. The molecule has 0 aliphatic heterocycles. The Hall–Kier alpha value is -1.46. The standard InChI is InChI=1S/C22H36N2O4/c1-19(2)13-7-9-21(19,5)15(11-13)27-17(25)23-24-18(26)28-16-12-14-8-10-22(16,6)20(14,3)4/h13-16H,7-12H2,1-6H3,(H,23,25)(H,24,26)/t13-,14+,15-,16-,21-,22-/m1/s1. The van der Waals surface area contributed by atoms with Gasteiger partial charge in [0.25, 0.3) is 0 Å². The number of hydrogen-bond donors (Lipinski definition) is 2. The van der Waals surface area contributed by atoms with E-state index in [2.05, 4.69) is 52.4 Å². The van der Waals surface area contributed by atoms with Crippen LogP contribution in [0.3, 0.4) is 0 Å². The minimum atomic E-state index is -0.606. The van der Waals surface area contributed by atoms with Crippen LogP contribution < -0.4 is 10.9 Å². The lowest BCUT2D eigenvalue weighted by molar-refractivity contribution is -0.0130. The van der Waals surface area contributed by atoms with Crippen LogP contribution in [-0.4, -0.2) is 24.4 Å². The van der Waals surface area contributed by atoms with Gasteiger partial charge in [0, 0.05) is 10.8 Å². The topological polar surface area (TPSA) is 76.7 Å². The fraction of sp³-hybridized carbons (Fsp3) is 0.909. The van der Waals surface area contributed by atoms with Crippen molar-refractivity contribution in [3.63, 3.8) is 0 Å². The summed E-state index contributed by atoms with van der Waals surface area (Å²) in [7, 11) is 0. The van der Waals surface area contributed by atoms with Gasteiger partial charge in [0.15, 0.2) is 0 Å². The van der Waals surface area contributed by atoms with E-state index in [1.807, 2.05) is 0 Å². The second kappa shape index (κ2) is 6.02. The lowest BCUT2D eigenvalue weighted by Crippen LogP contribution is -2.48. The van der Waals surface area contributed by atoms with Crippen LogP contribution in [0.2, 0.25) is 0 Å². The molecular weight excluding hydrogens is 356 g/mol. The lowest BCUT2D eigenvalue weighted by Gasteiger charge is -2.38.